The van der Waals surface area contributed by atoms with Gasteiger partial charge >= 0.3 is 0 Å². The van der Waals surface area contributed by atoms with Crippen molar-refractivity contribution in [3.63, 3.8) is 0 Å². The van der Waals surface area contributed by atoms with Gasteiger partial charge in [0.25, 0.3) is 0 Å². The molecule has 1 aromatic heterocycles. The summed E-state index contributed by atoms with van der Waals surface area (Å²) in [6.45, 7) is 2.72. The van der Waals surface area contributed by atoms with Crippen LogP contribution in [0.1, 0.15) is 30.5 Å². The fourth-order valence-electron chi connectivity index (χ4n) is 3.42. The number of sulfonamides is 1. The first kappa shape index (κ1) is 24.6. The second-order valence-electron chi connectivity index (χ2n) is 7.86. The third-order valence-corrected chi connectivity index (χ3v) is 7.24. The molecule has 0 saturated heterocycles. The molecule has 0 unspecified atom stereocenters. The maximum atomic E-state index is 13.0. The standard InChI is InChI=1S/C24H29FN4O3S/c1-19-20(18-29(27-19)22-9-4-3-5-10-22)8-6-16-26-24(30)11-7-17-28(2)33(31,32)23-14-12-21(25)13-15-23/h3-5,9-10,12-15,18H,6-8,11,16-17H2,1-2H3,(H,26,30). The van der Waals surface area contributed by atoms with E-state index in [2.05, 4.69) is 10.4 Å². The molecule has 33 heavy (non-hydrogen) atoms. The molecule has 7 nitrogen and oxygen atoms in total. The maximum Gasteiger partial charge on any atom is 0.242 e. The van der Waals surface area contributed by atoms with Gasteiger partial charge in [-0.1, -0.05) is 18.2 Å². The maximum absolute atomic E-state index is 13.0. The van der Waals surface area contributed by atoms with E-state index in [9.17, 15) is 17.6 Å². The quantitative estimate of drug-likeness (QED) is 0.433. The Balaban J connectivity index is 1.37. The Morgan fingerprint density at radius 2 is 1.79 bits per heavy atom. The van der Waals surface area contributed by atoms with Gasteiger partial charge in [0, 0.05) is 32.8 Å². The summed E-state index contributed by atoms with van der Waals surface area (Å²) in [4.78, 5) is 12.1. The molecule has 2 aromatic carbocycles. The van der Waals surface area contributed by atoms with Crippen LogP contribution in [0.4, 0.5) is 4.39 Å². The van der Waals surface area contributed by atoms with Crippen molar-refractivity contribution < 1.29 is 17.6 Å². The average Bonchev–Trinajstić information content (AvgIpc) is 3.18. The minimum atomic E-state index is -3.70. The molecule has 9 heteroatoms. The van der Waals surface area contributed by atoms with Crippen LogP contribution in [0.15, 0.2) is 65.7 Å². The number of halogens is 1. The second-order valence-corrected chi connectivity index (χ2v) is 9.90. The van der Waals surface area contributed by atoms with Crippen LogP contribution in [0, 0.1) is 12.7 Å². The number of amides is 1. The highest BCUT2D eigenvalue weighted by Gasteiger charge is 2.20. The molecule has 1 amide bonds. The van der Waals surface area contributed by atoms with Crippen LogP contribution in [0.25, 0.3) is 5.69 Å². The summed E-state index contributed by atoms with van der Waals surface area (Å²) in [5, 5.41) is 7.44. The van der Waals surface area contributed by atoms with Crippen LogP contribution < -0.4 is 5.32 Å². The number of nitrogens with one attached hydrogen (secondary N) is 1. The Morgan fingerprint density at radius 3 is 2.48 bits per heavy atom. The summed E-state index contributed by atoms with van der Waals surface area (Å²) in [7, 11) is -2.25. The zero-order valence-corrected chi connectivity index (χ0v) is 19.7. The van der Waals surface area contributed by atoms with Gasteiger partial charge < -0.3 is 5.32 Å². The lowest BCUT2D eigenvalue weighted by molar-refractivity contribution is -0.121. The minimum absolute atomic E-state index is 0.0294. The Kier molecular flexibility index (Phi) is 8.35. The van der Waals surface area contributed by atoms with Crippen molar-refractivity contribution in [3.8, 4) is 5.69 Å². The second kappa shape index (κ2) is 11.2. The highest BCUT2D eigenvalue weighted by Crippen LogP contribution is 2.16. The van der Waals surface area contributed by atoms with Crippen LogP contribution in [-0.2, 0) is 21.2 Å². The average molecular weight is 473 g/mol. The predicted octanol–water partition coefficient (Wildman–Crippen LogP) is 3.47. The number of aryl methyl sites for hydroxylation is 2. The van der Waals surface area contributed by atoms with Gasteiger partial charge in [0.15, 0.2) is 0 Å². The summed E-state index contributed by atoms with van der Waals surface area (Å²) in [6.07, 6.45) is 4.23. The van der Waals surface area contributed by atoms with Crippen molar-refractivity contribution in [2.75, 3.05) is 20.1 Å². The van der Waals surface area contributed by atoms with E-state index in [4.69, 9.17) is 0 Å². The van der Waals surface area contributed by atoms with Gasteiger partial charge in [-0.25, -0.2) is 21.8 Å². The number of rotatable bonds is 11. The van der Waals surface area contributed by atoms with Crippen LogP contribution in [0.3, 0.4) is 0 Å². The van der Waals surface area contributed by atoms with Gasteiger partial charge in [0.2, 0.25) is 15.9 Å². The van der Waals surface area contributed by atoms with Crippen LogP contribution in [0.5, 0.6) is 0 Å². The zero-order valence-electron chi connectivity index (χ0n) is 18.9. The van der Waals surface area contributed by atoms with E-state index in [0.717, 1.165) is 41.9 Å². The van der Waals surface area contributed by atoms with Crippen LogP contribution in [0.2, 0.25) is 0 Å². The minimum Gasteiger partial charge on any atom is -0.356 e. The van der Waals surface area contributed by atoms with Crippen molar-refractivity contribution in [2.45, 2.75) is 37.5 Å². The smallest absolute Gasteiger partial charge is 0.242 e. The number of hydrogen-bond donors (Lipinski definition) is 1. The van der Waals surface area contributed by atoms with Gasteiger partial charge in [-0.3, -0.25) is 4.79 Å². The third-order valence-electron chi connectivity index (χ3n) is 5.37. The summed E-state index contributed by atoms with van der Waals surface area (Å²) in [5.74, 6) is -0.604. The van der Waals surface area contributed by atoms with Gasteiger partial charge in [0.05, 0.1) is 16.3 Å². The van der Waals surface area contributed by atoms with Gasteiger partial charge in [-0.15, -0.1) is 0 Å². The first-order valence-corrected chi connectivity index (χ1v) is 12.3. The van der Waals surface area contributed by atoms with Crippen LogP contribution in [-0.4, -0.2) is 48.5 Å². The summed E-state index contributed by atoms with van der Waals surface area (Å²) in [6, 6.07) is 14.6. The molecule has 3 rings (SSSR count). The molecule has 0 aliphatic rings. The molecular formula is C24H29FN4O3S. The number of para-hydroxylation sites is 1. The van der Waals surface area contributed by atoms with Crippen molar-refractivity contribution in [1.29, 1.82) is 0 Å². The first-order valence-electron chi connectivity index (χ1n) is 10.9. The largest absolute Gasteiger partial charge is 0.356 e. The van der Waals surface area contributed by atoms with E-state index in [1.54, 1.807) is 0 Å². The fourth-order valence-corrected chi connectivity index (χ4v) is 4.63. The molecule has 176 valence electrons. The highest BCUT2D eigenvalue weighted by atomic mass is 32.2. The molecule has 3 aromatic rings. The fraction of sp³-hybridized carbons (Fsp3) is 0.333. The van der Waals surface area contributed by atoms with Gasteiger partial charge in [0.1, 0.15) is 5.82 Å². The lowest BCUT2D eigenvalue weighted by atomic mass is 10.1. The van der Waals surface area contributed by atoms with E-state index < -0.39 is 15.8 Å². The SMILES string of the molecule is Cc1nn(-c2ccccc2)cc1CCCNC(=O)CCCN(C)S(=O)(=O)c1ccc(F)cc1. The van der Waals surface area contributed by atoms with E-state index in [1.165, 1.54) is 23.5 Å². The van der Waals surface area contributed by atoms with E-state index in [-0.39, 0.29) is 23.8 Å². The Bertz CT molecular complexity index is 1160. The Morgan fingerprint density at radius 1 is 1.09 bits per heavy atom. The molecule has 0 aliphatic heterocycles. The molecule has 0 atom stereocenters. The lowest BCUT2D eigenvalue weighted by Crippen LogP contribution is -2.30. The molecule has 0 aliphatic carbocycles. The Hall–Kier alpha value is -3.04. The van der Waals surface area contributed by atoms with Crippen molar-refractivity contribution in [3.05, 3.63) is 77.9 Å². The summed E-state index contributed by atoms with van der Waals surface area (Å²) in [5.41, 5.74) is 3.11. The van der Waals surface area contributed by atoms with Crippen molar-refractivity contribution in [1.82, 2.24) is 19.4 Å². The topological polar surface area (TPSA) is 84.3 Å². The van der Waals surface area contributed by atoms with Crippen molar-refractivity contribution in [2.24, 2.45) is 0 Å². The highest BCUT2D eigenvalue weighted by molar-refractivity contribution is 7.89. The van der Waals surface area contributed by atoms with Crippen molar-refractivity contribution >= 4 is 15.9 Å². The first-order chi connectivity index (χ1) is 15.8. The molecule has 0 spiro atoms. The molecule has 0 bridgehead atoms. The number of hydrogen-bond acceptors (Lipinski definition) is 4. The van der Waals surface area contributed by atoms with Gasteiger partial charge in [-0.05, 0) is 68.1 Å². The molecule has 0 fully saturated rings. The molecule has 1 N–H and O–H groups in total. The Labute approximate surface area is 194 Å². The lowest BCUT2D eigenvalue weighted by Gasteiger charge is -2.17. The van der Waals surface area contributed by atoms with E-state index >= 15 is 0 Å². The molecule has 0 radical (unpaired) electrons. The summed E-state index contributed by atoms with van der Waals surface area (Å²) >= 11 is 0. The van der Waals surface area contributed by atoms with Crippen LogP contribution >= 0.6 is 0 Å². The normalized spacial score (nSPS) is 11.6. The number of nitrogens with zero attached hydrogens (tertiary/aromatic N) is 3. The summed E-state index contributed by atoms with van der Waals surface area (Å²) < 4.78 is 41.0. The predicted molar refractivity (Wildman–Crippen MR) is 125 cm³/mol. The molecular weight excluding hydrogens is 443 g/mol. The third kappa shape index (κ3) is 6.72. The van der Waals surface area contributed by atoms with Gasteiger partial charge in [-0.2, -0.15) is 5.10 Å². The monoisotopic (exact) mass is 472 g/mol. The van der Waals surface area contributed by atoms with E-state index in [0.29, 0.717) is 13.0 Å². The van der Waals surface area contributed by atoms with E-state index in [1.807, 2.05) is 48.1 Å². The number of aromatic nitrogens is 2. The molecule has 1 heterocycles. The number of benzene rings is 2. The number of carbonyl (C=O) groups excluding carboxylic acids is 1. The zero-order chi connectivity index (χ0) is 23.8. The molecule has 0 saturated carbocycles. The number of carbonyl (C=O) groups is 1.